The van der Waals surface area contributed by atoms with Gasteiger partial charge in [0, 0.05) is 17.3 Å². The van der Waals surface area contributed by atoms with Crippen LogP contribution in [0.15, 0.2) is 79.5 Å². The number of rotatable bonds is 3. The summed E-state index contributed by atoms with van der Waals surface area (Å²) in [4.78, 5) is 0. The number of aromatic nitrogens is 1. The van der Waals surface area contributed by atoms with E-state index in [1.54, 1.807) is 0 Å². The minimum atomic E-state index is 0.982. The first-order valence-electron chi connectivity index (χ1n) is 6.69. The Balaban J connectivity index is 2.34. The van der Waals surface area contributed by atoms with Gasteiger partial charge in [-0.25, -0.2) is 0 Å². The van der Waals surface area contributed by atoms with Crippen LogP contribution in [0.4, 0.5) is 0 Å². The first-order valence-corrected chi connectivity index (χ1v) is 6.69. The van der Waals surface area contributed by atoms with Gasteiger partial charge in [0.1, 0.15) is 0 Å². The monoisotopic (exact) mass is 259 g/mol. The first kappa shape index (κ1) is 12.5. The Labute approximate surface area is 119 Å². The van der Waals surface area contributed by atoms with Gasteiger partial charge >= 0.3 is 0 Å². The number of hydrogen-bond acceptors (Lipinski definition) is 0. The summed E-state index contributed by atoms with van der Waals surface area (Å²) in [5.74, 6) is 0. The molecule has 98 valence electrons. The third-order valence-corrected chi connectivity index (χ3v) is 3.57. The van der Waals surface area contributed by atoms with Gasteiger partial charge in [-0.05, 0) is 41.8 Å². The molecule has 0 fully saturated rings. The van der Waals surface area contributed by atoms with Crippen molar-refractivity contribution in [2.24, 2.45) is 0 Å². The van der Waals surface area contributed by atoms with Gasteiger partial charge in [-0.3, -0.25) is 0 Å². The Morgan fingerprint density at radius 1 is 0.950 bits per heavy atom. The van der Waals surface area contributed by atoms with Crippen LogP contribution in [0.1, 0.15) is 12.6 Å². The molecule has 0 atom stereocenters. The molecule has 0 unspecified atom stereocenters. The molecule has 3 rings (SSSR count). The van der Waals surface area contributed by atoms with Crippen LogP contribution in [0.2, 0.25) is 0 Å². The smallest absolute Gasteiger partial charge is 0.0603 e. The van der Waals surface area contributed by atoms with Crippen LogP contribution in [-0.4, -0.2) is 4.40 Å². The summed E-state index contributed by atoms with van der Waals surface area (Å²) < 4.78 is 2.18. The van der Waals surface area contributed by atoms with Gasteiger partial charge in [-0.1, -0.05) is 49.6 Å². The van der Waals surface area contributed by atoms with E-state index < -0.39 is 0 Å². The van der Waals surface area contributed by atoms with E-state index in [9.17, 15) is 0 Å². The molecule has 0 amide bonds. The molecular formula is C19H17N. The quantitative estimate of drug-likeness (QED) is 0.570. The van der Waals surface area contributed by atoms with E-state index in [-0.39, 0.29) is 0 Å². The van der Waals surface area contributed by atoms with Crippen LogP contribution in [-0.2, 0) is 0 Å². The molecule has 0 radical (unpaired) electrons. The second kappa shape index (κ2) is 4.86. The number of benzene rings is 1. The summed E-state index contributed by atoms with van der Waals surface area (Å²) in [6.07, 6.45) is 2.07. The lowest BCUT2D eigenvalue weighted by atomic mass is 9.99. The molecule has 0 spiro atoms. The lowest BCUT2D eigenvalue weighted by Crippen LogP contribution is -1.93. The average molecular weight is 259 g/mol. The van der Waals surface area contributed by atoms with Crippen molar-refractivity contribution in [1.82, 2.24) is 4.40 Å². The van der Waals surface area contributed by atoms with Crippen molar-refractivity contribution in [2.75, 3.05) is 0 Å². The lowest BCUT2D eigenvalue weighted by molar-refractivity contribution is 1.16. The van der Waals surface area contributed by atoms with Gasteiger partial charge in [0.2, 0.25) is 0 Å². The van der Waals surface area contributed by atoms with E-state index in [1.807, 2.05) is 19.1 Å². The molecule has 0 N–H and O–H groups in total. The minimum Gasteiger partial charge on any atom is -0.316 e. The number of nitrogens with zero attached hydrogens (tertiary/aromatic N) is 1. The maximum absolute atomic E-state index is 4.21. The van der Waals surface area contributed by atoms with Gasteiger partial charge < -0.3 is 4.40 Å². The van der Waals surface area contributed by atoms with Crippen molar-refractivity contribution in [3.8, 4) is 11.1 Å². The molecule has 1 nitrogen and oxygen atoms in total. The van der Waals surface area contributed by atoms with Gasteiger partial charge in [-0.15, -0.1) is 0 Å². The van der Waals surface area contributed by atoms with Crippen LogP contribution in [0, 0.1) is 0 Å². The highest BCUT2D eigenvalue weighted by molar-refractivity contribution is 5.88. The summed E-state index contributed by atoms with van der Waals surface area (Å²) in [7, 11) is 0. The normalized spacial score (nSPS) is 10.7. The Morgan fingerprint density at radius 3 is 2.35 bits per heavy atom. The minimum absolute atomic E-state index is 0.982. The molecule has 20 heavy (non-hydrogen) atoms. The SMILES string of the molecule is C=C(C)C(=C)c1c(-c2ccccc2)cc2ccccn12. The van der Waals surface area contributed by atoms with Crippen molar-refractivity contribution >= 4 is 11.1 Å². The molecule has 3 aromatic rings. The van der Waals surface area contributed by atoms with Crippen LogP contribution < -0.4 is 0 Å². The van der Waals surface area contributed by atoms with Gasteiger partial charge in [0.05, 0.1) is 5.69 Å². The third-order valence-electron chi connectivity index (χ3n) is 3.57. The third kappa shape index (κ3) is 1.97. The Bertz CT molecular complexity index is 791. The van der Waals surface area contributed by atoms with Crippen molar-refractivity contribution in [1.29, 1.82) is 0 Å². The van der Waals surface area contributed by atoms with E-state index in [2.05, 4.69) is 66.2 Å². The largest absolute Gasteiger partial charge is 0.316 e. The van der Waals surface area contributed by atoms with Gasteiger partial charge in [0.25, 0.3) is 0 Å². The maximum Gasteiger partial charge on any atom is 0.0603 e. The van der Waals surface area contributed by atoms with Crippen molar-refractivity contribution in [3.05, 3.63) is 85.2 Å². The molecule has 1 aromatic carbocycles. The fourth-order valence-corrected chi connectivity index (χ4v) is 2.47. The van der Waals surface area contributed by atoms with Gasteiger partial charge in [0.15, 0.2) is 0 Å². The zero-order valence-corrected chi connectivity index (χ0v) is 11.6. The fourth-order valence-electron chi connectivity index (χ4n) is 2.47. The summed E-state index contributed by atoms with van der Waals surface area (Å²) in [5, 5.41) is 0. The molecule has 2 heterocycles. The zero-order chi connectivity index (χ0) is 14.1. The first-order chi connectivity index (χ1) is 9.68. The number of hydrogen-bond donors (Lipinski definition) is 0. The number of allylic oxidation sites excluding steroid dienone is 2. The number of fused-ring (bicyclic) bond motifs is 1. The molecule has 1 heteroatoms. The highest BCUT2D eigenvalue weighted by Gasteiger charge is 2.14. The topological polar surface area (TPSA) is 4.41 Å². The second-order valence-electron chi connectivity index (χ2n) is 5.03. The number of pyridine rings is 1. The van der Waals surface area contributed by atoms with Crippen LogP contribution in [0.3, 0.4) is 0 Å². The molecule has 0 saturated heterocycles. The predicted molar refractivity (Wildman–Crippen MR) is 86.7 cm³/mol. The maximum atomic E-state index is 4.21. The van der Waals surface area contributed by atoms with E-state index in [4.69, 9.17) is 0 Å². The molecule has 0 aliphatic carbocycles. The Morgan fingerprint density at radius 2 is 1.65 bits per heavy atom. The standard InChI is InChI=1S/C19H17N/c1-14(2)15(3)19-18(16-9-5-4-6-10-16)13-17-11-7-8-12-20(17)19/h4-13H,1,3H2,2H3. The van der Waals surface area contributed by atoms with Crippen LogP contribution in [0.25, 0.3) is 22.2 Å². The summed E-state index contributed by atoms with van der Waals surface area (Å²) in [6, 6.07) is 18.8. The summed E-state index contributed by atoms with van der Waals surface area (Å²) >= 11 is 0. The van der Waals surface area contributed by atoms with Crippen LogP contribution >= 0.6 is 0 Å². The molecule has 2 aromatic heterocycles. The molecule has 0 aliphatic rings. The predicted octanol–water partition coefficient (Wildman–Crippen LogP) is 5.20. The highest BCUT2D eigenvalue weighted by atomic mass is 14.9. The van der Waals surface area contributed by atoms with Crippen molar-refractivity contribution in [2.45, 2.75) is 6.92 Å². The Hall–Kier alpha value is -2.54. The average Bonchev–Trinajstić information content (AvgIpc) is 2.86. The Kier molecular flexibility index (Phi) is 3.03. The highest BCUT2D eigenvalue weighted by Crippen LogP contribution is 2.33. The molecule has 0 saturated carbocycles. The summed E-state index contributed by atoms with van der Waals surface area (Å²) in [5.41, 5.74) is 6.67. The summed E-state index contributed by atoms with van der Waals surface area (Å²) in [6.45, 7) is 10.3. The zero-order valence-electron chi connectivity index (χ0n) is 11.6. The van der Waals surface area contributed by atoms with Crippen molar-refractivity contribution < 1.29 is 0 Å². The fraction of sp³-hybridized carbons (Fsp3) is 0.0526. The molecular weight excluding hydrogens is 242 g/mol. The van der Waals surface area contributed by atoms with Crippen LogP contribution in [0.5, 0.6) is 0 Å². The second-order valence-corrected chi connectivity index (χ2v) is 5.03. The van der Waals surface area contributed by atoms with E-state index in [0.717, 1.165) is 16.8 Å². The lowest BCUT2D eigenvalue weighted by Gasteiger charge is -2.10. The van der Waals surface area contributed by atoms with Gasteiger partial charge in [-0.2, -0.15) is 0 Å². The van der Waals surface area contributed by atoms with E-state index in [0.29, 0.717) is 0 Å². The van der Waals surface area contributed by atoms with E-state index in [1.165, 1.54) is 16.6 Å². The molecule has 0 bridgehead atoms. The van der Waals surface area contributed by atoms with Crippen molar-refractivity contribution in [3.63, 3.8) is 0 Å². The van der Waals surface area contributed by atoms with E-state index >= 15 is 0 Å². The molecule has 0 aliphatic heterocycles.